The Kier molecular flexibility index (Phi) is 2.31. The number of hydrogen-bond acceptors (Lipinski definition) is 3. The van der Waals surface area contributed by atoms with E-state index >= 15 is 0 Å². The van der Waals surface area contributed by atoms with E-state index in [0.717, 1.165) is 32.1 Å². The summed E-state index contributed by atoms with van der Waals surface area (Å²) in [5, 5.41) is 0. The first kappa shape index (κ1) is 11.4. The van der Waals surface area contributed by atoms with Crippen LogP contribution in [0.2, 0.25) is 0 Å². The fourth-order valence-corrected chi connectivity index (χ4v) is 3.30. The van der Waals surface area contributed by atoms with E-state index in [9.17, 15) is 4.39 Å². The van der Waals surface area contributed by atoms with Crippen LogP contribution in [0, 0.1) is 5.82 Å². The third-order valence-corrected chi connectivity index (χ3v) is 4.28. The van der Waals surface area contributed by atoms with Crippen LogP contribution in [0.25, 0.3) is 26.4 Å². The number of halogens is 1. The van der Waals surface area contributed by atoms with Crippen molar-refractivity contribution in [1.82, 2.24) is 9.38 Å². The van der Waals surface area contributed by atoms with Gasteiger partial charge in [-0.25, -0.2) is 9.37 Å². The van der Waals surface area contributed by atoms with E-state index in [2.05, 4.69) is 4.98 Å². The molecule has 0 unspecified atom stereocenters. The second kappa shape index (κ2) is 4.05. The summed E-state index contributed by atoms with van der Waals surface area (Å²) >= 11 is 1.48. The molecule has 0 saturated carbocycles. The van der Waals surface area contributed by atoms with Crippen LogP contribution in [0.1, 0.15) is 0 Å². The highest BCUT2D eigenvalue weighted by molar-refractivity contribution is 7.23. The molecule has 2 aromatic carbocycles. The smallest absolute Gasteiger partial charge is 0.195 e. The molecule has 2 N–H and O–H groups in total. The first-order valence-corrected chi connectivity index (χ1v) is 6.95. The molecule has 2 aromatic heterocycles. The van der Waals surface area contributed by atoms with Crippen molar-refractivity contribution < 1.29 is 4.39 Å². The quantitative estimate of drug-likeness (QED) is 0.538. The SMILES string of the molecule is Nc1ccc(-c2cn3c(n2)sc2cc(F)ccc23)cc1. The van der Waals surface area contributed by atoms with Crippen molar-refractivity contribution in [3.63, 3.8) is 0 Å². The lowest BCUT2D eigenvalue weighted by Gasteiger charge is -1.97. The Balaban J connectivity index is 1.93. The molecule has 2 heterocycles. The lowest BCUT2D eigenvalue weighted by atomic mass is 10.1. The van der Waals surface area contributed by atoms with Crippen LogP contribution in [0.15, 0.2) is 48.7 Å². The van der Waals surface area contributed by atoms with E-state index in [-0.39, 0.29) is 5.82 Å². The second-order valence-electron chi connectivity index (χ2n) is 4.61. The highest BCUT2D eigenvalue weighted by atomic mass is 32.1. The first-order valence-electron chi connectivity index (χ1n) is 6.14. The zero-order valence-electron chi connectivity index (χ0n) is 10.4. The molecule has 4 aromatic rings. The number of nitrogens with zero attached hydrogens (tertiary/aromatic N) is 2. The zero-order valence-corrected chi connectivity index (χ0v) is 11.2. The minimum atomic E-state index is -0.222. The van der Waals surface area contributed by atoms with E-state index in [1.54, 1.807) is 6.07 Å². The average molecular weight is 283 g/mol. The molecule has 0 aliphatic heterocycles. The van der Waals surface area contributed by atoms with Crippen LogP contribution in [0.4, 0.5) is 10.1 Å². The van der Waals surface area contributed by atoms with Gasteiger partial charge in [0, 0.05) is 17.4 Å². The van der Waals surface area contributed by atoms with Gasteiger partial charge in [0.05, 0.1) is 15.9 Å². The molecule has 3 nitrogen and oxygen atoms in total. The third kappa shape index (κ3) is 1.67. The van der Waals surface area contributed by atoms with Crippen molar-refractivity contribution in [3.05, 3.63) is 54.5 Å². The number of benzene rings is 2. The number of nitrogen functional groups attached to an aromatic ring is 1. The van der Waals surface area contributed by atoms with E-state index in [1.165, 1.54) is 23.5 Å². The van der Waals surface area contributed by atoms with Crippen LogP contribution < -0.4 is 5.73 Å². The number of imidazole rings is 1. The second-order valence-corrected chi connectivity index (χ2v) is 5.62. The number of hydrogen-bond donors (Lipinski definition) is 1. The summed E-state index contributed by atoms with van der Waals surface area (Å²) in [5.41, 5.74) is 9.30. The molecule has 0 bridgehead atoms. The molecule has 0 amide bonds. The molecule has 0 radical (unpaired) electrons. The summed E-state index contributed by atoms with van der Waals surface area (Å²) in [4.78, 5) is 5.46. The van der Waals surface area contributed by atoms with Crippen molar-refractivity contribution in [3.8, 4) is 11.3 Å². The molecule has 4 rings (SSSR count). The van der Waals surface area contributed by atoms with Gasteiger partial charge in [0.1, 0.15) is 5.82 Å². The fraction of sp³-hybridized carbons (Fsp3) is 0. The van der Waals surface area contributed by atoms with Gasteiger partial charge in [-0.05, 0) is 30.3 Å². The summed E-state index contributed by atoms with van der Waals surface area (Å²) in [6.45, 7) is 0. The van der Waals surface area contributed by atoms with E-state index in [4.69, 9.17) is 5.73 Å². The van der Waals surface area contributed by atoms with Crippen molar-refractivity contribution in [2.45, 2.75) is 0 Å². The molecule has 0 spiro atoms. The molecule has 98 valence electrons. The van der Waals surface area contributed by atoms with Gasteiger partial charge < -0.3 is 5.73 Å². The van der Waals surface area contributed by atoms with Crippen LogP contribution in [0.5, 0.6) is 0 Å². The molecule has 0 aliphatic rings. The van der Waals surface area contributed by atoms with Gasteiger partial charge in [0.2, 0.25) is 0 Å². The van der Waals surface area contributed by atoms with Gasteiger partial charge in [0.15, 0.2) is 4.96 Å². The predicted molar refractivity (Wildman–Crippen MR) is 80.4 cm³/mol. The monoisotopic (exact) mass is 283 g/mol. The Morgan fingerprint density at radius 3 is 2.70 bits per heavy atom. The van der Waals surface area contributed by atoms with Gasteiger partial charge in [-0.2, -0.15) is 0 Å². The average Bonchev–Trinajstić information content (AvgIpc) is 2.96. The van der Waals surface area contributed by atoms with Crippen molar-refractivity contribution >= 4 is 32.2 Å². The summed E-state index contributed by atoms with van der Waals surface area (Å²) in [6.07, 6.45) is 1.97. The van der Waals surface area contributed by atoms with Gasteiger partial charge in [-0.1, -0.05) is 23.5 Å². The van der Waals surface area contributed by atoms with Gasteiger partial charge in [-0.15, -0.1) is 0 Å². The van der Waals surface area contributed by atoms with Gasteiger partial charge in [-0.3, -0.25) is 4.40 Å². The van der Waals surface area contributed by atoms with Crippen molar-refractivity contribution in [1.29, 1.82) is 0 Å². The summed E-state index contributed by atoms with van der Waals surface area (Å²) in [7, 11) is 0. The molecule has 5 heteroatoms. The third-order valence-electron chi connectivity index (χ3n) is 3.26. The number of aromatic nitrogens is 2. The van der Waals surface area contributed by atoms with Gasteiger partial charge in [0.25, 0.3) is 0 Å². The minimum Gasteiger partial charge on any atom is -0.399 e. The Bertz CT molecular complexity index is 922. The Morgan fingerprint density at radius 1 is 1.10 bits per heavy atom. The van der Waals surface area contributed by atoms with E-state index in [1.807, 2.05) is 34.9 Å². The molecular weight excluding hydrogens is 273 g/mol. The lowest BCUT2D eigenvalue weighted by molar-refractivity contribution is 0.630. The van der Waals surface area contributed by atoms with Gasteiger partial charge >= 0.3 is 0 Å². The highest BCUT2D eigenvalue weighted by Gasteiger charge is 2.10. The Labute approximate surface area is 118 Å². The predicted octanol–water partition coefficient (Wildman–Crippen LogP) is 3.94. The minimum absolute atomic E-state index is 0.222. The molecule has 20 heavy (non-hydrogen) atoms. The van der Waals surface area contributed by atoms with Crippen LogP contribution in [-0.2, 0) is 0 Å². The van der Waals surface area contributed by atoms with Crippen molar-refractivity contribution in [2.75, 3.05) is 5.73 Å². The number of thiazole rings is 1. The maximum Gasteiger partial charge on any atom is 0.195 e. The Morgan fingerprint density at radius 2 is 1.90 bits per heavy atom. The van der Waals surface area contributed by atoms with E-state index < -0.39 is 0 Å². The molecule has 0 saturated heterocycles. The number of fused-ring (bicyclic) bond motifs is 3. The normalized spacial score (nSPS) is 11.4. The van der Waals surface area contributed by atoms with Crippen LogP contribution in [0.3, 0.4) is 0 Å². The molecule has 0 aliphatic carbocycles. The van der Waals surface area contributed by atoms with Crippen LogP contribution >= 0.6 is 11.3 Å². The maximum atomic E-state index is 13.2. The van der Waals surface area contributed by atoms with E-state index in [0.29, 0.717) is 0 Å². The first-order chi connectivity index (χ1) is 9.70. The largest absolute Gasteiger partial charge is 0.399 e. The Hall–Kier alpha value is -2.40. The topological polar surface area (TPSA) is 43.3 Å². The van der Waals surface area contributed by atoms with Crippen LogP contribution in [-0.4, -0.2) is 9.38 Å². The molecule has 0 atom stereocenters. The zero-order chi connectivity index (χ0) is 13.7. The highest BCUT2D eigenvalue weighted by Crippen LogP contribution is 2.30. The maximum absolute atomic E-state index is 13.2. The standard InChI is InChI=1S/C15H10FN3S/c16-10-3-6-13-14(7-10)20-15-18-12(8-19(13)15)9-1-4-11(17)5-2-9/h1-8H,17H2. The fourth-order valence-electron chi connectivity index (χ4n) is 2.27. The number of rotatable bonds is 1. The lowest BCUT2D eigenvalue weighted by Crippen LogP contribution is -1.83. The number of anilines is 1. The number of nitrogens with two attached hydrogens (primary N) is 1. The molecular formula is C15H10FN3S. The summed E-state index contributed by atoms with van der Waals surface area (Å²) in [5.74, 6) is -0.222. The molecule has 0 fully saturated rings. The summed E-state index contributed by atoms with van der Waals surface area (Å²) < 4.78 is 16.1. The van der Waals surface area contributed by atoms with Crippen molar-refractivity contribution in [2.24, 2.45) is 0 Å². The summed E-state index contributed by atoms with van der Waals surface area (Å²) in [6, 6.07) is 12.4.